The molecule has 2 aromatic heterocycles. The lowest BCUT2D eigenvalue weighted by Gasteiger charge is -2.32. The minimum Gasteiger partial charge on any atom is -0.466 e. The van der Waals surface area contributed by atoms with Crippen LogP contribution in [0.25, 0.3) is 0 Å². The van der Waals surface area contributed by atoms with Gasteiger partial charge in [-0.05, 0) is 26.7 Å². The van der Waals surface area contributed by atoms with Crippen molar-refractivity contribution in [3.63, 3.8) is 0 Å². The number of nitrogens with zero attached hydrogens (tertiary/aromatic N) is 5. The Morgan fingerprint density at radius 2 is 1.94 bits per heavy atom. The highest BCUT2D eigenvalue weighted by atomic mass is 19.4. The summed E-state index contributed by atoms with van der Waals surface area (Å²) < 4.78 is 51.0. The van der Waals surface area contributed by atoms with E-state index in [0.717, 1.165) is 6.33 Å². The molecule has 1 fully saturated rings. The van der Waals surface area contributed by atoms with E-state index >= 15 is 0 Å². The fourth-order valence-corrected chi connectivity index (χ4v) is 3.34. The molecule has 32 heavy (non-hydrogen) atoms. The SMILES string of the molecule is CCOC(=O)C1CCN(c2ncnc(Oc3cc(C)nn3C)c2NC(=O)C(F)(F)F)CC1. The summed E-state index contributed by atoms with van der Waals surface area (Å²) in [6.07, 6.45) is -3.14. The maximum Gasteiger partial charge on any atom is 0.471 e. The lowest BCUT2D eigenvalue weighted by molar-refractivity contribution is -0.167. The number of esters is 1. The summed E-state index contributed by atoms with van der Waals surface area (Å²) >= 11 is 0. The van der Waals surface area contributed by atoms with Crippen molar-refractivity contribution in [2.45, 2.75) is 32.9 Å². The third kappa shape index (κ3) is 5.26. The number of piperidine rings is 1. The van der Waals surface area contributed by atoms with Gasteiger partial charge in [-0.2, -0.15) is 23.3 Å². The summed E-state index contributed by atoms with van der Waals surface area (Å²) in [6, 6.07) is 1.57. The smallest absolute Gasteiger partial charge is 0.466 e. The molecule has 0 saturated carbocycles. The number of hydrogen-bond acceptors (Lipinski definition) is 8. The third-order valence-corrected chi connectivity index (χ3v) is 4.86. The van der Waals surface area contributed by atoms with Crippen molar-refractivity contribution in [2.75, 3.05) is 29.9 Å². The summed E-state index contributed by atoms with van der Waals surface area (Å²) in [7, 11) is 1.60. The molecule has 0 aromatic carbocycles. The van der Waals surface area contributed by atoms with Gasteiger partial charge in [-0.1, -0.05) is 0 Å². The van der Waals surface area contributed by atoms with E-state index in [2.05, 4.69) is 15.1 Å². The number of nitrogens with one attached hydrogen (secondary N) is 1. The Hall–Kier alpha value is -3.38. The van der Waals surface area contributed by atoms with Gasteiger partial charge in [0.05, 0.1) is 18.2 Å². The fraction of sp³-hybridized carbons (Fsp3) is 0.526. The van der Waals surface area contributed by atoms with Crippen molar-refractivity contribution < 1.29 is 32.2 Å². The quantitative estimate of drug-likeness (QED) is 0.661. The number of aryl methyl sites for hydroxylation is 2. The molecule has 0 unspecified atom stereocenters. The van der Waals surface area contributed by atoms with Gasteiger partial charge in [-0.25, -0.2) is 9.67 Å². The Labute approximate surface area is 181 Å². The number of ether oxygens (including phenoxy) is 2. The predicted octanol–water partition coefficient (Wildman–Crippen LogP) is 2.59. The zero-order valence-corrected chi connectivity index (χ0v) is 17.8. The van der Waals surface area contributed by atoms with Crippen molar-refractivity contribution in [2.24, 2.45) is 13.0 Å². The third-order valence-electron chi connectivity index (χ3n) is 4.86. The number of aromatic nitrogens is 4. The van der Waals surface area contributed by atoms with Gasteiger partial charge in [-0.3, -0.25) is 9.59 Å². The van der Waals surface area contributed by atoms with E-state index in [9.17, 15) is 22.8 Å². The van der Waals surface area contributed by atoms with Gasteiger partial charge in [0.15, 0.2) is 5.82 Å². The van der Waals surface area contributed by atoms with Gasteiger partial charge in [0, 0.05) is 26.2 Å². The van der Waals surface area contributed by atoms with E-state index < -0.39 is 12.1 Å². The molecule has 0 spiro atoms. The van der Waals surface area contributed by atoms with E-state index in [1.807, 2.05) is 5.32 Å². The summed E-state index contributed by atoms with van der Waals surface area (Å²) in [5, 5.41) is 5.96. The molecule has 2 aromatic rings. The monoisotopic (exact) mass is 456 g/mol. The molecule has 0 aliphatic carbocycles. The number of anilines is 2. The molecule has 13 heteroatoms. The Morgan fingerprint density at radius 3 is 2.50 bits per heavy atom. The molecule has 10 nitrogen and oxygen atoms in total. The topological polar surface area (TPSA) is 111 Å². The molecule has 0 radical (unpaired) electrons. The fourth-order valence-electron chi connectivity index (χ4n) is 3.34. The van der Waals surface area contributed by atoms with Crippen LogP contribution in [0.4, 0.5) is 24.7 Å². The van der Waals surface area contributed by atoms with Crippen molar-refractivity contribution in [3.8, 4) is 11.8 Å². The molecule has 1 saturated heterocycles. The second-order valence-electron chi connectivity index (χ2n) is 7.19. The van der Waals surface area contributed by atoms with Gasteiger partial charge >= 0.3 is 18.1 Å². The molecule has 1 amide bonds. The summed E-state index contributed by atoms with van der Waals surface area (Å²) in [6.45, 7) is 4.35. The minimum absolute atomic E-state index is 0.0637. The van der Waals surface area contributed by atoms with Crippen LogP contribution in [0, 0.1) is 12.8 Å². The lowest BCUT2D eigenvalue weighted by Crippen LogP contribution is -2.38. The molecular formula is C19H23F3N6O4. The summed E-state index contributed by atoms with van der Waals surface area (Å²) in [5.74, 6) is -2.78. The molecule has 0 bridgehead atoms. The van der Waals surface area contributed by atoms with Crippen molar-refractivity contribution >= 4 is 23.4 Å². The average molecular weight is 456 g/mol. The van der Waals surface area contributed by atoms with Gasteiger partial charge in [0.1, 0.15) is 12.0 Å². The first kappa shape index (κ1) is 23.3. The van der Waals surface area contributed by atoms with E-state index in [1.54, 1.807) is 31.9 Å². The van der Waals surface area contributed by atoms with Crippen LogP contribution in [0.1, 0.15) is 25.5 Å². The Balaban J connectivity index is 1.90. The first-order valence-electron chi connectivity index (χ1n) is 9.93. The Morgan fingerprint density at radius 1 is 1.25 bits per heavy atom. The van der Waals surface area contributed by atoms with Crippen LogP contribution in [0.2, 0.25) is 0 Å². The van der Waals surface area contributed by atoms with Crippen LogP contribution in [0.3, 0.4) is 0 Å². The van der Waals surface area contributed by atoms with Gasteiger partial charge in [0.2, 0.25) is 11.8 Å². The number of rotatable bonds is 6. The maximum absolute atomic E-state index is 13.0. The van der Waals surface area contributed by atoms with E-state index in [-0.39, 0.29) is 41.8 Å². The highest BCUT2D eigenvalue weighted by Crippen LogP contribution is 2.37. The second kappa shape index (κ2) is 9.40. The van der Waals surface area contributed by atoms with Crippen LogP contribution in [0.15, 0.2) is 12.4 Å². The van der Waals surface area contributed by atoms with Gasteiger partial charge in [-0.15, -0.1) is 0 Å². The van der Waals surface area contributed by atoms with Crippen LogP contribution < -0.4 is 15.0 Å². The number of amides is 1. The Kier molecular flexibility index (Phi) is 6.84. The number of hydrogen-bond donors (Lipinski definition) is 1. The second-order valence-corrected chi connectivity index (χ2v) is 7.19. The zero-order chi connectivity index (χ0) is 23.5. The van der Waals surface area contributed by atoms with E-state index in [4.69, 9.17) is 9.47 Å². The van der Waals surface area contributed by atoms with Gasteiger partial charge in [0.25, 0.3) is 0 Å². The summed E-state index contributed by atoms with van der Waals surface area (Å²) in [4.78, 5) is 33.4. The standard InChI is InChI=1S/C19H23F3N6O4/c1-4-31-17(29)12-5-7-28(8-6-12)15-14(25-18(30)19(20,21)22)16(24-10-23-15)32-13-9-11(2)26-27(13)3/h9-10,12H,4-8H2,1-3H3,(H,25,30). The highest BCUT2D eigenvalue weighted by Gasteiger charge is 2.40. The van der Waals surface area contributed by atoms with Crippen molar-refractivity contribution in [3.05, 3.63) is 18.1 Å². The average Bonchev–Trinajstić information content (AvgIpc) is 3.05. The largest absolute Gasteiger partial charge is 0.471 e. The van der Waals surface area contributed by atoms with Gasteiger partial charge < -0.3 is 19.7 Å². The zero-order valence-electron chi connectivity index (χ0n) is 17.8. The molecule has 0 atom stereocenters. The van der Waals surface area contributed by atoms with Crippen LogP contribution in [-0.4, -0.2) is 57.5 Å². The van der Waals surface area contributed by atoms with Crippen LogP contribution in [-0.2, 0) is 21.4 Å². The molecular weight excluding hydrogens is 433 g/mol. The van der Waals surface area contributed by atoms with E-state index in [1.165, 1.54) is 4.68 Å². The molecule has 1 aliphatic rings. The number of alkyl halides is 3. The molecule has 1 aliphatic heterocycles. The molecule has 3 rings (SSSR count). The minimum atomic E-state index is -5.12. The number of halogens is 3. The molecule has 3 heterocycles. The van der Waals surface area contributed by atoms with Crippen LogP contribution in [0.5, 0.6) is 11.8 Å². The Bertz CT molecular complexity index is 986. The first-order chi connectivity index (χ1) is 15.1. The highest BCUT2D eigenvalue weighted by molar-refractivity contribution is 5.98. The number of carbonyl (C=O) groups excluding carboxylic acids is 2. The van der Waals surface area contributed by atoms with Crippen molar-refractivity contribution in [1.29, 1.82) is 0 Å². The molecule has 174 valence electrons. The first-order valence-corrected chi connectivity index (χ1v) is 9.93. The number of carbonyl (C=O) groups is 2. The molecule has 1 N–H and O–H groups in total. The lowest BCUT2D eigenvalue weighted by atomic mass is 9.97. The van der Waals surface area contributed by atoms with E-state index in [0.29, 0.717) is 31.6 Å². The van der Waals surface area contributed by atoms with Crippen molar-refractivity contribution in [1.82, 2.24) is 19.7 Å². The predicted molar refractivity (Wildman–Crippen MR) is 106 cm³/mol. The van der Waals surface area contributed by atoms with Crippen LogP contribution >= 0.6 is 0 Å². The maximum atomic E-state index is 13.0. The normalized spacial score (nSPS) is 14.9. The summed E-state index contributed by atoms with van der Waals surface area (Å²) in [5.41, 5.74) is 0.307.